The van der Waals surface area contributed by atoms with Crippen LogP contribution in [-0.2, 0) is 0 Å². The second-order valence-electron chi connectivity index (χ2n) is 5.49. The van der Waals surface area contributed by atoms with E-state index < -0.39 is 0 Å². The molecule has 0 amide bonds. The molecule has 0 spiro atoms. The van der Waals surface area contributed by atoms with Crippen LogP contribution in [0, 0.1) is 0 Å². The van der Waals surface area contributed by atoms with Gasteiger partial charge in [-0.25, -0.2) is 0 Å². The molecule has 0 aromatic heterocycles. The van der Waals surface area contributed by atoms with Crippen molar-refractivity contribution in [2.75, 3.05) is 0 Å². The Kier molecular flexibility index (Phi) is 14.5. The summed E-state index contributed by atoms with van der Waals surface area (Å²) in [4.78, 5) is 0. The highest BCUT2D eigenvalue weighted by atomic mass is 16.3. The van der Waals surface area contributed by atoms with Gasteiger partial charge < -0.3 is 5.11 Å². The van der Waals surface area contributed by atoms with Crippen LogP contribution in [0.15, 0.2) is 12.7 Å². The molecule has 0 aliphatic rings. The van der Waals surface area contributed by atoms with E-state index in [0.717, 1.165) is 19.3 Å². The van der Waals surface area contributed by atoms with Crippen molar-refractivity contribution in [3.63, 3.8) is 0 Å². The fourth-order valence-corrected chi connectivity index (χ4v) is 2.32. The fraction of sp³-hybridized carbons (Fsp3) is 0.882. The minimum absolute atomic E-state index is 0.1000. The van der Waals surface area contributed by atoms with Crippen molar-refractivity contribution in [3.8, 4) is 0 Å². The summed E-state index contributed by atoms with van der Waals surface area (Å²) < 4.78 is 0. The third-order valence-electron chi connectivity index (χ3n) is 3.59. The van der Waals surface area contributed by atoms with Crippen molar-refractivity contribution < 1.29 is 5.11 Å². The first-order valence-electron chi connectivity index (χ1n) is 8.10. The van der Waals surface area contributed by atoms with Gasteiger partial charge in [0.15, 0.2) is 0 Å². The quantitative estimate of drug-likeness (QED) is 0.315. The average molecular weight is 254 g/mol. The van der Waals surface area contributed by atoms with Crippen LogP contribution < -0.4 is 0 Å². The lowest BCUT2D eigenvalue weighted by Crippen LogP contribution is -2.05. The van der Waals surface area contributed by atoms with Crippen LogP contribution in [0.25, 0.3) is 0 Å². The first-order valence-corrected chi connectivity index (χ1v) is 8.10. The Morgan fingerprint density at radius 3 is 1.83 bits per heavy atom. The van der Waals surface area contributed by atoms with Crippen LogP contribution >= 0.6 is 0 Å². The summed E-state index contributed by atoms with van der Waals surface area (Å²) in [5.41, 5.74) is 0. The van der Waals surface area contributed by atoms with Gasteiger partial charge in [0.05, 0.1) is 6.10 Å². The van der Waals surface area contributed by atoms with Gasteiger partial charge in [0.2, 0.25) is 0 Å². The summed E-state index contributed by atoms with van der Waals surface area (Å²) in [7, 11) is 0. The lowest BCUT2D eigenvalue weighted by Gasteiger charge is -2.08. The summed E-state index contributed by atoms with van der Waals surface area (Å²) in [5, 5.41) is 9.66. The Morgan fingerprint density at radius 2 is 1.33 bits per heavy atom. The van der Waals surface area contributed by atoms with Gasteiger partial charge in [0.25, 0.3) is 0 Å². The molecule has 0 aromatic rings. The number of hydrogen-bond donors (Lipinski definition) is 1. The normalized spacial score (nSPS) is 12.6. The standard InChI is InChI=1S/C17H34O/c1-3-5-7-8-9-10-11-12-13-14-16-17(18)15-6-4-2/h4,17-18H,2-3,5-16H2,1H3/t17-/m1/s1. The third-order valence-corrected chi connectivity index (χ3v) is 3.59. The Bertz CT molecular complexity index is 165. The number of allylic oxidation sites excluding steroid dienone is 1. The molecule has 0 aliphatic carbocycles. The minimum atomic E-state index is -0.1000. The van der Waals surface area contributed by atoms with Crippen LogP contribution in [0.4, 0.5) is 0 Å². The molecule has 0 saturated heterocycles. The fourth-order valence-electron chi connectivity index (χ4n) is 2.32. The van der Waals surface area contributed by atoms with Gasteiger partial charge in [0.1, 0.15) is 0 Å². The molecule has 1 heteroatoms. The Balaban J connectivity index is 3.04. The van der Waals surface area contributed by atoms with Crippen molar-refractivity contribution in [2.24, 2.45) is 0 Å². The van der Waals surface area contributed by atoms with Crippen LogP contribution in [0.5, 0.6) is 0 Å². The highest BCUT2D eigenvalue weighted by Gasteiger charge is 2.01. The summed E-state index contributed by atoms with van der Waals surface area (Å²) in [6.45, 7) is 5.95. The molecule has 0 fully saturated rings. The van der Waals surface area contributed by atoms with Gasteiger partial charge in [-0.05, 0) is 19.3 Å². The number of unbranched alkanes of at least 4 members (excludes halogenated alkanes) is 9. The van der Waals surface area contributed by atoms with E-state index in [0.29, 0.717) is 0 Å². The summed E-state index contributed by atoms with van der Waals surface area (Å²) in [6.07, 6.45) is 18.2. The van der Waals surface area contributed by atoms with E-state index in [1.54, 1.807) is 0 Å². The van der Waals surface area contributed by atoms with E-state index in [9.17, 15) is 5.11 Å². The van der Waals surface area contributed by atoms with E-state index in [-0.39, 0.29) is 6.10 Å². The summed E-state index contributed by atoms with van der Waals surface area (Å²) in [6, 6.07) is 0. The highest BCUT2D eigenvalue weighted by Crippen LogP contribution is 2.13. The van der Waals surface area contributed by atoms with Gasteiger partial charge in [-0.15, -0.1) is 6.58 Å². The largest absolute Gasteiger partial charge is 0.393 e. The monoisotopic (exact) mass is 254 g/mol. The highest BCUT2D eigenvalue weighted by molar-refractivity contribution is 4.69. The molecule has 1 atom stereocenters. The predicted molar refractivity (Wildman–Crippen MR) is 81.9 cm³/mol. The van der Waals surface area contributed by atoms with Crippen LogP contribution in [0.3, 0.4) is 0 Å². The maximum atomic E-state index is 9.66. The maximum Gasteiger partial charge on any atom is 0.0543 e. The first kappa shape index (κ1) is 17.7. The average Bonchev–Trinajstić information content (AvgIpc) is 2.38. The summed E-state index contributed by atoms with van der Waals surface area (Å²) in [5.74, 6) is 0. The van der Waals surface area contributed by atoms with Crippen molar-refractivity contribution in [1.29, 1.82) is 0 Å². The molecule has 0 bridgehead atoms. The smallest absolute Gasteiger partial charge is 0.0543 e. The van der Waals surface area contributed by atoms with Gasteiger partial charge in [-0.3, -0.25) is 0 Å². The van der Waals surface area contributed by atoms with E-state index in [4.69, 9.17) is 0 Å². The van der Waals surface area contributed by atoms with E-state index in [1.165, 1.54) is 64.2 Å². The number of rotatable bonds is 14. The second-order valence-corrected chi connectivity index (χ2v) is 5.49. The zero-order valence-corrected chi connectivity index (χ0v) is 12.5. The molecule has 0 saturated carbocycles. The van der Waals surface area contributed by atoms with Gasteiger partial charge in [0, 0.05) is 0 Å². The maximum absolute atomic E-state index is 9.66. The second kappa shape index (κ2) is 14.8. The van der Waals surface area contributed by atoms with Crippen LogP contribution in [0.2, 0.25) is 0 Å². The van der Waals surface area contributed by atoms with Gasteiger partial charge in [-0.2, -0.15) is 0 Å². The molecule has 0 radical (unpaired) electrons. The Labute approximate surface area is 115 Å². The van der Waals surface area contributed by atoms with E-state index in [1.807, 2.05) is 6.08 Å². The molecular formula is C17H34O. The van der Waals surface area contributed by atoms with Crippen LogP contribution in [0.1, 0.15) is 90.4 Å². The number of aliphatic hydroxyl groups is 1. The lowest BCUT2D eigenvalue weighted by atomic mass is 10.0. The van der Waals surface area contributed by atoms with Crippen molar-refractivity contribution in [1.82, 2.24) is 0 Å². The molecule has 0 unspecified atom stereocenters. The molecule has 1 N–H and O–H groups in total. The van der Waals surface area contributed by atoms with Gasteiger partial charge >= 0.3 is 0 Å². The molecule has 0 aromatic carbocycles. The van der Waals surface area contributed by atoms with Crippen molar-refractivity contribution >= 4 is 0 Å². The Hall–Kier alpha value is -0.300. The molecule has 108 valence electrons. The third kappa shape index (κ3) is 13.8. The molecule has 0 aliphatic heterocycles. The zero-order chi connectivity index (χ0) is 13.5. The molecular weight excluding hydrogens is 220 g/mol. The van der Waals surface area contributed by atoms with E-state index >= 15 is 0 Å². The van der Waals surface area contributed by atoms with Crippen molar-refractivity contribution in [3.05, 3.63) is 12.7 Å². The Morgan fingerprint density at radius 1 is 0.833 bits per heavy atom. The molecule has 0 rings (SSSR count). The van der Waals surface area contributed by atoms with Crippen LogP contribution in [-0.4, -0.2) is 11.2 Å². The predicted octanol–water partition coefficient (Wildman–Crippen LogP) is 5.62. The lowest BCUT2D eigenvalue weighted by molar-refractivity contribution is 0.152. The summed E-state index contributed by atoms with van der Waals surface area (Å²) >= 11 is 0. The topological polar surface area (TPSA) is 20.2 Å². The van der Waals surface area contributed by atoms with Gasteiger partial charge in [-0.1, -0.05) is 77.2 Å². The van der Waals surface area contributed by atoms with E-state index in [2.05, 4.69) is 13.5 Å². The molecule has 18 heavy (non-hydrogen) atoms. The molecule has 1 nitrogen and oxygen atoms in total. The number of aliphatic hydroxyl groups excluding tert-OH is 1. The minimum Gasteiger partial charge on any atom is -0.393 e. The van der Waals surface area contributed by atoms with Crippen molar-refractivity contribution in [2.45, 2.75) is 96.5 Å². The first-order chi connectivity index (χ1) is 8.81. The SMILES string of the molecule is C=CCC[C@@H](O)CCCCCCCCCCCC. The molecule has 0 heterocycles. The zero-order valence-electron chi connectivity index (χ0n) is 12.5. The number of hydrogen-bond acceptors (Lipinski definition) is 1.